The summed E-state index contributed by atoms with van der Waals surface area (Å²) >= 11 is 0. The molecule has 0 spiro atoms. The zero-order valence-corrected chi connectivity index (χ0v) is 19.9. The van der Waals surface area contributed by atoms with Crippen molar-refractivity contribution in [1.29, 1.82) is 0 Å². The lowest BCUT2D eigenvalue weighted by Gasteiger charge is -2.03. The fourth-order valence-corrected chi connectivity index (χ4v) is 4.34. The molecule has 1 heterocycles. The van der Waals surface area contributed by atoms with Gasteiger partial charge in [-0.1, -0.05) is 114 Å². The molecule has 0 saturated heterocycles. The molecule has 0 aliphatic carbocycles. The van der Waals surface area contributed by atoms with Gasteiger partial charge < -0.3 is 4.57 Å². The summed E-state index contributed by atoms with van der Waals surface area (Å²) in [6.45, 7) is 2.29. The Labute approximate surface area is 186 Å². The first-order chi connectivity index (χ1) is 14.8. The fourth-order valence-electron chi connectivity index (χ4n) is 4.34. The monoisotopic (exact) mass is 410 g/mol. The van der Waals surface area contributed by atoms with Crippen LogP contribution in [0.25, 0.3) is 0 Å². The molecular weight excluding hydrogens is 364 g/mol. The lowest BCUT2D eigenvalue weighted by Crippen LogP contribution is -1.97. The van der Waals surface area contributed by atoms with E-state index < -0.39 is 0 Å². The van der Waals surface area contributed by atoms with Crippen molar-refractivity contribution in [2.45, 2.75) is 116 Å². The van der Waals surface area contributed by atoms with E-state index in [1.807, 2.05) is 0 Å². The van der Waals surface area contributed by atoms with E-state index in [2.05, 4.69) is 55.1 Å². The van der Waals surface area contributed by atoms with Gasteiger partial charge in [-0.25, -0.2) is 4.98 Å². The molecule has 0 aliphatic rings. The second-order valence-corrected chi connectivity index (χ2v) is 9.09. The Kier molecular flexibility index (Phi) is 13.3. The van der Waals surface area contributed by atoms with E-state index in [9.17, 15) is 0 Å². The summed E-state index contributed by atoms with van der Waals surface area (Å²) in [5.74, 6) is 1.27. The Morgan fingerprint density at radius 3 is 1.80 bits per heavy atom. The van der Waals surface area contributed by atoms with E-state index in [1.165, 1.54) is 107 Å². The zero-order valence-electron chi connectivity index (χ0n) is 19.9. The van der Waals surface area contributed by atoms with Crippen LogP contribution in [0.15, 0.2) is 36.5 Å². The molecule has 2 aromatic rings. The van der Waals surface area contributed by atoms with Gasteiger partial charge >= 0.3 is 0 Å². The van der Waals surface area contributed by atoms with Crippen LogP contribution in [-0.2, 0) is 26.3 Å². The molecule has 30 heavy (non-hydrogen) atoms. The van der Waals surface area contributed by atoms with E-state index in [0.29, 0.717) is 0 Å². The smallest absolute Gasteiger partial charge is 0.108 e. The molecule has 0 unspecified atom stereocenters. The van der Waals surface area contributed by atoms with Crippen molar-refractivity contribution in [3.8, 4) is 0 Å². The molecule has 168 valence electrons. The normalized spacial score (nSPS) is 11.3. The van der Waals surface area contributed by atoms with Crippen molar-refractivity contribution in [1.82, 2.24) is 9.55 Å². The first-order valence-electron chi connectivity index (χ1n) is 12.8. The summed E-state index contributed by atoms with van der Waals surface area (Å²) in [6, 6.07) is 10.8. The average molecular weight is 411 g/mol. The van der Waals surface area contributed by atoms with Crippen LogP contribution in [-0.4, -0.2) is 9.55 Å². The first kappa shape index (κ1) is 24.7. The molecule has 0 amide bonds. The Morgan fingerprint density at radius 2 is 1.20 bits per heavy atom. The highest BCUT2D eigenvalue weighted by Crippen LogP contribution is 2.14. The van der Waals surface area contributed by atoms with Crippen molar-refractivity contribution in [2.24, 2.45) is 7.05 Å². The Morgan fingerprint density at radius 1 is 0.633 bits per heavy atom. The molecule has 0 atom stereocenters. The van der Waals surface area contributed by atoms with Gasteiger partial charge in [-0.05, 0) is 31.2 Å². The van der Waals surface area contributed by atoms with Crippen LogP contribution in [0.5, 0.6) is 0 Å². The number of unbranched alkanes of at least 4 members (excludes halogenated alkanes) is 12. The van der Waals surface area contributed by atoms with Crippen molar-refractivity contribution in [2.75, 3.05) is 0 Å². The molecule has 0 aliphatic heterocycles. The number of hydrogen-bond acceptors (Lipinski definition) is 1. The Balaban J connectivity index is 1.45. The summed E-state index contributed by atoms with van der Waals surface area (Å²) < 4.78 is 2.25. The van der Waals surface area contributed by atoms with Crippen LogP contribution in [0.2, 0.25) is 0 Å². The maximum Gasteiger partial charge on any atom is 0.108 e. The number of benzene rings is 1. The summed E-state index contributed by atoms with van der Waals surface area (Å²) in [7, 11) is 2.16. The van der Waals surface area contributed by atoms with E-state index in [0.717, 1.165) is 19.3 Å². The molecule has 0 bridgehead atoms. The van der Waals surface area contributed by atoms with E-state index >= 15 is 0 Å². The quantitative estimate of drug-likeness (QED) is 0.226. The zero-order chi connectivity index (χ0) is 21.3. The topological polar surface area (TPSA) is 17.8 Å². The van der Waals surface area contributed by atoms with Crippen LogP contribution in [0.3, 0.4) is 0 Å². The van der Waals surface area contributed by atoms with Crippen molar-refractivity contribution in [3.05, 3.63) is 53.6 Å². The molecule has 2 nitrogen and oxygen atoms in total. The molecule has 2 rings (SSSR count). The molecule has 1 aromatic carbocycles. The third kappa shape index (κ3) is 11.0. The van der Waals surface area contributed by atoms with Gasteiger partial charge in [-0.15, -0.1) is 0 Å². The number of hydrogen-bond donors (Lipinski definition) is 0. The summed E-state index contributed by atoms with van der Waals surface area (Å²) in [5.41, 5.74) is 2.69. The average Bonchev–Trinajstić information content (AvgIpc) is 3.11. The number of rotatable bonds is 18. The van der Waals surface area contributed by atoms with Crippen LogP contribution in [0, 0.1) is 0 Å². The highest BCUT2D eigenvalue weighted by Gasteiger charge is 2.05. The van der Waals surface area contributed by atoms with Gasteiger partial charge in [0, 0.05) is 19.7 Å². The van der Waals surface area contributed by atoms with E-state index in [4.69, 9.17) is 4.98 Å². The van der Waals surface area contributed by atoms with Crippen LogP contribution in [0.4, 0.5) is 0 Å². The van der Waals surface area contributed by atoms with Gasteiger partial charge in [0.15, 0.2) is 0 Å². The third-order valence-corrected chi connectivity index (χ3v) is 6.27. The summed E-state index contributed by atoms with van der Waals surface area (Å²) in [5, 5.41) is 0. The summed E-state index contributed by atoms with van der Waals surface area (Å²) in [6.07, 6.45) is 25.2. The summed E-state index contributed by atoms with van der Waals surface area (Å²) in [4.78, 5) is 4.90. The van der Waals surface area contributed by atoms with Gasteiger partial charge in [-0.2, -0.15) is 0 Å². The fraction of sp³-hybridized carbons (Fsp3) is 0.679. The number of aryl methyl sites for hydroxylation is 4. The molecular formula is C28H46N2. The van der Waals surface area contributed by atoms with Crippen molar-refractivity contribution in [3.63, 3.8) is 0 Å². The lowest BCUT2D eigenvalue weighted by atomic mass is 10.0. The standard InChI is InChI=1S/C28H46N2/c1-3-4-5-6-7-8-9-10-11-12-13-14-18-24-28-29-27(25-30(28)2)23-19-22-26-20-16-15-17-21-26/h15-17,20-21,25H,3-14,18-19,22-24H2,1-2H3. The first-order valence-corrected chi connectivity index (χ1v) is 12.8. The molecule has 0 N–H and O–H groups in total. The van der Waals surface area contributed by atoms with Gasteiger partial charge in [0.05, 0.1) is 5.69 Å². The van der Waals surface area contributed by atoms with Crippen LogP contribution in [0.1, 0.15) is 114 Å². The number of imidazole rings is 1. The van der Waals surface area contributed by atoms with Crippen LogP contribution >= 0.6 is 0 Å². The maximum absolute atomic E-state index is 4.90. The lowest BCUT2D eigenvalue weighted by molar-refractivity contribution is 0.537. The number of aromatic nitrogens is 2. The van der Waals surface area contributed by atoms with Crippen molar-refractivity contribution >= 4 is 0 Å². The predicted molar refractivity (Wildman–Crippen MR) is 131 cm³/mol. The highest BCUT2D eigenvalue weighted by atomic mass is 15.0. The molecule has 0 radical (unpaired) electrons. The molecule has 2 heteroatoms. The second kappa shape index (κ2) is 16.2. The van der Waals surface area contributed by atoms with E-state index in [-0.39, 0.29) is 0 Å². The van der Waals surface area contributed by atoms with Crippen LogP contribution < -0.4 is 0 Å². The SMILES string of the molecule is CCCCCCCCCCCCCCCc1nc(CCCc2ccccc2)cn1C. The molecule has 0 fully saturated rings. The molecule has 0 saturated carbocycles. The largest absolute Gasteiger partial charge is 0.338 e. The van der Waals surface area contributed by atoms with Gasteiger partial charge in [0.1, 0.15) is 5.82 Å². The molecule has 1 aromatic heterocycles. The minimum Gasteiger partial charge on any atom is -0.338 e. The number of nitrogens with zero attached hydrogens (tertiary/aromatic N) is 2. The minimum absolute atomic E-state index is 1.08. The van der Waals surface area contributed by atoms with Crippen molar-refractivity contribution < 1.29 is 0 Å². The highest BCUT2D eigenvalue weighted by molar-refractivity contribution is 5.15. The predicted octanol–water partition coefficient (Wildman–Crippen LogP) is 8.23. The Bertz CT molecular complexity index is 644. The Hall–Kier alpha value is -1.57. The van der Waals surface area contributed by atoms with Gasteiger partial charge in [-0.3, -0.25) is 0 Å². The minimum atomic E-state index is 1.08. The van der Waals surface area contributed by atoms with E-state index in [1.54, 1.807) is 0 Å². The third-order valence-electron chi connectivity index (χ3n) is 6.27. The van der Waals surface area contributed by atoms with Gasteiger partial charge in [0.2, 0.25) is 0 Å². The van der Waals surface area contributed by atoms with Gasteiger partial charge in [0.25, 0.3) is 0 Å². The second-order valence-electron chi connectivity index (χ2n) is 9.09. The maximum atomic E-state index is 4.90.